The second-order valence-electron chi connectivity index (χ2n) is 15.8. The van der Waals surface area contributed by atoms with E-state index in [1.54, 1.807) is 0 Å². The Morgan fingerprint density at radius 3 is 1.80 bits per heavy atom. The largest absolute Gasteiger partial charge is 0.256 e. The average molecular weight is 699 g/mol. The number of rotatable bonds is 6. The van der Waals surface area contributed by atoms with Crippen LogP contribution in [0.2, 0.25) is 0 Å². The van der Waals surface area contributed by atoms with Crippen LogP contribution in [0.1, 0.15) is 51.7 Å². The molecule has 0 bridgehead atoms. The van der Waals surface area contributed by atoms with Crippen molar-refractivity contribution in [2.75, 3.05) is 0 Å². The van der Waals surface area contributed by atoms with E-state index in [0.29, 0.717) is 17.5 Å². The molecule has 9 rings (SSSR count). The van der Waals surface area contributed by atoms with Crippen LogP contribution in [0.5, 0.6) is 0 Å². The van der Waals surface area contributed by atoms with Crippen LogP contribution < -0.4 is 0 Å². The van der Waals surface area contributed by atoms with E-state index < -0.39 is 0 Å². The SMILES string of the molecule is CC1(C)CCC(C)(C)c2cc(-c3cc(-c4nc(-c5ccccc5)nc(-c5cccc(-c6ccccn6)c5)n4)cc(-c4cccc5ccccc45)c3)ccc21. The molecule has 262 valence electrons. The van der Waals surface area contributed by atoms with Crippen molar-refractivity contribution in [3.63, 3.8) is 0 Å². The molecule has 2 aromatic heterocycles. The van der Waals surface area contributed by atoms with Gasteiger partial charge in [-0.05, 0) is 104 Å². The minimum atomic E-state index is 0.0917. The Balaban J connectivity index is 1.27. The second-order valence-corrected chi connectivity index (χ2v) is 15.8. The third-order valence-corrected chi connectivity index (χ3v) is 11.2. The van der Waals surface area contributed by atoms with Crippen molar-refractivity contribution in [3.05, 3.63) is 169 Å². The third-order valence-electron chi connectivity index (χ3n) is 11.2. The number of fused-ring (bicyclic) bond motifs is 2. The number of hydrogen-bond donors (Lipinski definition) is 0. The quantitative estimate of drug-likeness (QED) is 0.173. The maximum atomic E-state index is 5.24. The highest BCUT2D eigenvalue weighted by molar-refractivity contribution is 5.98. The molecular formula is C50H42N4. The lowest BCUT2D eigenvalue weighted by atomic mass is 9.63. The Labute approximate surface area is 317 Å². The molecular weight excluding hydrogens is 657 g/mol. The zero-order valence-electron chi connectivity index (χ0n) is 31.2. The van der Waals surface area contributed by atoms with Gasteiger partial charge in [-0.25, -0.2) is 15.0 Å². The van der Waals surface area contributed by atoms with Crippen LogP contribution in [0.3, 0.4) is 0 Å². The van der Waals surface area contributed by atoms with Crippen molar-refractivity contribution < 1.29 is 0 Å². The summed E-state index contributed by atoms with van der Waals surface area (Å²) in [7, 11) is 0. The number of nitrogens with zero attached hydrogens (tertiary/aromatic N) is 4. The highest BCUT2D eigenvalue weighted by Crippen LogP contribution is 2.47. The molecule has 54 heavy (non-hydrogen) atoms. The second kappa shape index (κ2) is 13.3. The van der Waals surface area contributed by atoms with Gasteiger partial charge in [-0.15, -0.1) is 0 Å². The Bertz CT molecular complexity index is 2650. The molecule has 0 saturated heterocycles. The van der Waals surface area contributed by atoms with E-state index in [9.17, 15) is 0 Å². The zero-order valence-corrected chi connectivity index (χ0v) is 31.2. The lowest BCUT2D eigenvalue weighted by Gasteiger charge is -2.42. The molecule has 8 aromatic rings. The van der Waals surface area contributed by atoms with Crippen LogP contribution in [0, 0.1) is 0 Å². The highest BCUT2D eigenvalue weighted by Gasteiger charge is 2.37. The van der Waals surface area contributed by atoms with Crippen molar-refractivity contribution in [3.8, 4) is 67.7 Å². The number of pyridine rings is 1. The van der Waals surface area contributed by atoms with Gasteiger partial charge in [0, 0.05) is 28.5 Å². The lowest BCUT2D eigenvalue weighted by molar-refractivity contribution is 0.332. The molecule has 0 atom stereocenters. The summed E-state index contributed by atoms with van der Waals surface area (Å²) in [5, 5.41) is 2.42. The summed E-state index contributed by atoms with van der Waals surface area (Å²) >= 11 is 0. The summed E-state index contributed by atoms with van der Waals surface area (Å²) < 4.78 is 0. The predicted octanol–water partition coefficient (Wildman–Crippen LogP) is 12.8. The molecule has 0 saturated carbocycles. The van der Waals surface area contributed by atoms with E-state index >= 15 is 0 Å². The van der Waals surface area contributed by atoms with Crippen molar-refractivity contribution in [2.24, 2.45) is 0 Å². The minimum absolute atomic E-state index is 0.0917. The van der Waals surface area contributed by atoms with Gasteiger partial charge in [0.15, 0.2) is 17.5 Å². The van der Waals surface area contributed by atoms with Gasteiger partial charge in [0.2, 0.25) is 0 Å². The Hall–Kier alpha value is -6.26. The first kappa shape index (κ1) is 33.6. The molecule has 6 aromatic carbocycles. The molecule has 1 aliphatic carbocycles. The van der Waals surface area contributed by atoms with Crippen LogP contribution in [0.25, 0.3) is 78.4 Å². The van der Waals surface area contributed by atoms with Crippen LogP contribution in [-0.2, 0) is 10.8 Å². The molecule has 4 heteroatoms. The van der Waals surface area contributed by atoms with Gasteiger partial charge in [0.25, 0.3) is 0 Å². The van der Waals surface area contributed by atoms with Gasteiger partial charge in [-0.1, -0.05) is 143 Å². The molecule has 4 nitrogen and oxygen atoms in total. The van der Waals surface area contributed by atoms with Gasteiger partial charge in [-0.2, -0.15) is 0 Å². The van der Waals surface area contributed by atoms with E-state index in [0.717, 1.165) is 45.5 Å². The topological polar surface area (TPSA) is 51.6 Å². The fourth-order valence-electron chi connectivity index (χ4n) is 8.03. The Morgan fingerprint density at radius 2 is 1.00 bits per heavy atom. The summed E-state index contributed by atoms with van der Waals surface area (Å²) in [4.78, 5) is 20.1. The van der Waals surface area contributed by atoms with Gasteiger partial charge >= 0.3 is 0 Å². The minimum Gasteiger partial charge on any atom is -0.256 e. The molecule has 0 radical (unpaired) electrons. The van der Waals surface area contributed by atoms with Gasteiger partial charge in [0.05, 0.1) is 5.69 Å². The molecule has 0 spiro atoms. The number of aromatic nitrogens is 4. The molecule has 0 fully saturated rings. The number of hydrogen-bond acceptors (Lipinski definition) is 4. The Kier molecular flexibility index (Phi) is 8.27. The molecule has 0 amide bonds. The molecule has 0 unspecified atom stereocenters. The monoisotopic (exact) mass is 698 g/mol. The van der Waals surface area contributed by atoms with Gasteiger partial charge < -0.3 is 0 Å². The molecule has 0 N–H and O–H groups in total. The van der Waals surface area contributed by atoms with Crippen LogP contribution in [-0.4, -0.2) is 19.9 Å². The average Bonchev–Trinajstić information content (AvgIpc) is 3.22. The van der Waals surface area contributed by atoms with Crippen LogP contribution in [0.4, 0.5) is 0 Å². The zero-order chi connectivity index (χ0) is 36.9. The summed E-state index contributed by atoms with van der Waals surface area (Å²) in [6.07, 6.45) is 4.17. The lowest BCUT2D eigenvalue weighted by Crippen LogP contribution is -2.33. The summed E-state index contributed by atoms with van der Waals surface area (Å²) in [6.45, 7) is 9.55. The fraction of sp³-hybridized carbons (Fsp3) is 0.160. The van der Waals surface area contributed by atoms with E-state index in [1.807, 2.05) is 48.7 Å². The molecule has 1 aliphatic rings. The van der Waals surface area contributed by atoms with Gasteiger partial charge in [-0.3, -0.25) is 4.98 Å². The van der Waals surface area contributed by atoms with E-state index in [4.69, 9.17) is 15.0 Å². The van der Waals surface area contributed by atoms with Crippen molar-refractivity contribution >= 4 is 10.8 Å². The smallest absolute Gasteiger partial charge is 0.164 e. The first-order valence-corrected chi connectivity index (χ1v) is 18.8. The van der Waals surface area contributed by atoms with Crippen molar-refractivity contribution in [2.45, 2.75) is 51.4 Å². The van der Waals surface area contributed by atoms with Crippen LogP contribution >= 0.6 is 0 Å². The first-order chi connectivity index (χ1) is 26.2. The van der Waals surface area contributed by atoms with E-state index in [1.165, 1.54) is 39.4 Å². The number of benzene rings is 6. The molecule has 0 aliphatic heterocycles. The van der Waals surface area contributed by atoms with Crippen LogP contribution in [0.15, 0.2) is 158 Å². The summed E-state index contributed by atoms with van der Waals surface area (Å²) in [5.41, 5.74) is 12.5. The summed E-state index contributed by atoms with van der Waals surface area (Å²) in [6, 6.07) is 53.6. The Morgan fingerprint density at radius 1 is 0.407 bits per heavy atom. The summed E-state index contributed by atoms with van der Waals surface area (Å²) in [5.74, 6) is 1.88. The van der Waals surface area contributed by atoms with Crippen molar-refractivity contribution in [1.29, 1.82) is 0 Å². The maximum Gasteiger partial charge on any atom is 0.164 e. The normalized spacial score (nSPS) is 14.4. The molecule has 2 heterocycles. The highest BCUT2D eigenvalue weighted by atomic mass is 15.0. The van der Waals surface area contributed by atoms with Gasteiger partial charge in [0.1, 0.15) is 0 Å². The predicted molar refractivity (Wildman–Crippen MR) is 223 cm³/mol. The maximum absolute atomic E-state index is 5.24. The van der Waals surface area contributed by atoms with E-state index in [2.05, 4.69) is 142 Å². The van der Waals surface area contributed by atoms with E-state index in [-0.39, 0.29) is 10.8 Å². The standard InChI is InChI=1S/C50H42N4/c1-49(2)25-26-50(3,4)44-32-35(23-24-43(44)49)38-29-39(42-21-13-17-33-14-8-9-20-41(33)42)31-40(30-38)48-53-46(34-15-6-5-7-16-34)52-47(54-48)37-19-12-18-36(28-37)45-22-10-11-27-51-45/h5-24,27-32H,25-26H2,1-4H3. The fourth-order valence-corrected chi connectivity index (χ4v) is 8.03. The first-order valence-electron chi connectivity index (χ1n) is 18.8. The third kappa shape index (κ3) is 6.28. The van der Waals surface area contributed by atoms with Crippen molar-refractivity contribution in [1.82, 2.24) is 19.9 Å².